The second-order valence-electron chi connectivity index (χ2n) is 16.1. The van der Waals surface area contributed by atoms with Gasteiger partial charge < -0.3 is 19.5 Å². The molecule has 0 saturated carbocycles. The first-order valence-electron chi connectivity index (χ1n) is 19.1. The Hall–Kier alpha value is -3.99. The van der Waals surface area contributed by atoms with E-state index in [-0.39, 0.29) is 65.1 Å². The average Bonchev–Trinajstić information content (AvgIpc) is 3.55. The zero-order valence-corrected chi connectivity index (χ0v) is 32.9. The van der Waals surface area contributed by atoms with Crippen LogP contribution in [-0.4, -0.2) is 90.5 Å². The Bertz CT molecular complexity index is 2100. The lowest BCUT2D eigenvalue weighted by atomic mass is 9.95. The van der Waals surface area contributed by atoms with E-state index in [1.165, 1.54) is 30.5 Å². The van der Waals surface area contributed by atoms with Gasteiger partial charge in [-0.15, -0.1) is 5.54 Å². The van der Waals surface area contributed by atoms with Gasteiger partial charge in [0.05, 0.1) is 29.6 Å². The number of hydrogen-bond acceptors (Lipinski definition) is 8. The van der Waals surface area contributed by atoms with E-state index in [1.807, 2.05) is 0 Å². The molecule has 0 spiro atoms. The van der Waals surface area contributed by atoms with E-state index in [0.717, 1.165) is 19.4 Å². The molecular weight excluding hydrogens is 715 g/mol. The van der Waals surface area contributed by atoms with Gasteiger partial charge in [-0.1, -0.05) is 53.5 Å². The molecule has 1 unspecified atom stereocenters. The number of aromatic hydroxyl groups is 1. The number of alkyl halides is 2. The molecule has 2 aromatic heterocycles. The van der Waals surface area contributed by atoms with Crippen molar-refractivity contribution in [2.45, 2.75) is 102 Å². The highest BCUT2D eigenvalue weighted by molar-refractivity contribution is 6.90. The number of nitrogens with zero attached hydrogens (tertiary/aromatic N) is 5. The lowest BCUT2D eigenvalue weighted by Crippen LogP contribution is -2.43. The van der Waals surface area contributed by atoms with E-state index in [4.69, 9.17) is 9.47 Å². The Morgan fingerprint density at radius 1 is 1.02 bits per heavy atom. The van der Waals surface area contributed by atoms with Crippen molar-refractivity contribution in [2.24, 2.45) is 0 Å². The molecule has 1 N–H and O–H groups in total. The van der Waals surface area contributed by atoms with Crippen molar-refractivity contribution < 1.29 is 32.1 Å². The number of fused-ring (bicyclic) bond motifs is 3. The first-order valence-corrected chi connectivity index (χ1v) is 21.3. The molecule has 54 heavy (non-hydrogen) atoms. The van der Waals surface area contributed by atoms with Crippen LogP contribution in [0.1, 0.15) is 72.8 Å². The van der Waals surface area contributed by atoms with Crippen molar-refractivity contribution in [3.05, 3.63) is 47.7 Å². The Labute approximate surface area is 315 Å². The highest BCUT2D eigenvalue weighted by atomic mass is 28.3. The maximum atomic E-state index is 17.2. The highest BCUT2D eigenvalue weighted by Crippen LogP contribution is 2.43. The van der Waals surface area contributed by atoms with Gasteiger partial charge in [0.2, 0.25) is 6.36 Å². The predicted molar refractivity (Wildman–Crippen MR) is 206 cm³/mol. The minimum atomic E-state index is -2.31. The van der Waals surface area contributed by atoms with Gasteiger partial charge in [0.15, 0.2) is 5.82 Å². The zero-order chi connectivity index (χ0) is 38.5. The van der Waals surface area contributed by atoms with Gasteiger partial charge in [0, 0.05) is 36.7 Å². The summed E-state index contributed by atoms with van der Waals surface area (Å²) in [6, 6.07) is 5.58. The summed E-state index contributed by atoms with van der Waals surface area (Å²) in [4.78, 5) is 17.5. The van der Waals surface area contributed by atoms with Crippen LogP contribution in [0.25, 0.3) is 32.9 Å². The van der Waals surface area contributed by atoms with E-state index in [1.54, 1.807) is 4.90 Å². The average molecular weight is 764 g/mol. The summed E-state index contributed by atoms with van der Waals surface area (Å²) in [5.74, 6) is 1.90. The highest BCUT2D eigenvalue weighted by Gasteiger charge is 2.49. The second kappa shape index (κ2) is 14.9. The van der Waals surface area contributed by atoms with Crippen LogP contribution >= 0.6 is 0 Å². The first kappa shape index (κ1) is 38.3. The minimum absolute atomic E-state index is 0.108. The fourth-order valence-corrected chi connectivity index (χ4v) is 14.7. The Morgan fingerprint density at radius 2 is 1.78 bits per heavy atom. The minimum Gasteiger partial charge on any atom is -0.508 e. The van der Waals surface area contributed by atoms with Crippen LogP contribution in [0.5, 0.6) is 11.8 Å². The summed E-state index contributed by atoms with van der Waals surface area (Å²) in [6.07, 6.45) is 1.35. The van der Waals surface area contributed by atoms with E-state index in [9.17, 15) is 13.9 Å². The Morgan fingerprint density at radius 3 is 2.52 bits per heavy atom. The van der Waals surface area contributed by atoms with Crippen molar-refractivity contribution in [3.63, 3.8) is 0 Å². The molecule has 13 heteroatoms. The summed E-state index contributed by atoms with van der Waals surface area (Å²) in [7, 11) is -2.31. The molecule has 288 valence electrons. The van der Waals surface area contributed by atoms with Gasteiger partial charge >= 0.3 is 6.01 Å². The molecule has 3 aliphatic heterocycles. The smallest absolute Gasteiger partial charge is 0.319 e. The molecule has 2 aromatic carbocycles. The van der Waals surface area contributed by atoms with Crippen molar-refractivity contribution >= 4 is 35.6 Å². The number of halogens is 4. The summed E-state index contributed by atoms with van der Waals surface area (Å²) >= 11 is 0. The number of pyridine rings is 1. The van der Waals surface area contributed by atoms with Crippen molar-refractivity contribution in [1.82, 2.24) is 19.9 Å². The molecule has 3 aliphatic rings. The maximum absolute atomic E-state index is 17.2. The van der Waals surface area contributed by atoms with Crippen molar-refractivity contribution in [2.75, 3.05) is 44.3 Å². The molecule has 4 aromatic rings. The van der Waals surface area contributed by atoms with Crippen LogP contribution in [0.2, 0.25) is 16.6 Å². The van der Waals surface area contributed by atoms with Gasteiger partial charge in [0.25, 0.3) is 0 Å². The van der Waals surface area contributed by atoms with Crippen LogP contribution < -0.4 is 9.64 Å². The summed E-state index contributed by atoms with van der Waals surface area (Å²) in [5, 5.41) is 11.9. The standard InChI is InChI=1S/C41H49F4N5O3Si/c1-24(2)54(25(3)4,26(5)6)16-11-30-33(43)10-9-27-17-29(51)18-31(35(27)30)37-36(45)38-32(20-46-37)39(49-13-8-15-52-34(44)22-49)48-40(47-38)53-23-41-12-7-14-50(41)21-28(42)19-41/h9-10,17-18,20,24-26,28,34,51H,7-8,12-15,19,21-23H2,1-6H3/t28-,34?,41+/m1/s1. The lowest BCUT2D eigenvalue weighted by molar-refractivity contribution is -0.0234. The maximum Gasteiger partial charge on any atom is 0.319 e. The topological polar surface area (TPSA) is 83.8 Å². The van der Waals surface area contributed by atoms with E-state index < -0.39 is 37.8 Å². The molecule has 5 heterocycles. The third kappa shape index (κ3) is 6.79. The van der Waals surface area contributed by atoms with Gasteiger partial charge in [0.1, 0.15) is 49.4 Å². The molecular formula is C41H49F4N5O3Si. The van der Waals surface area contributed by atoms with E-state index >= 15 is 8.78 Å². The number of benzene rings is 2. The number of ether oxygens (including phenoxy) is 2. The summed E-state index contributed by atoms with van der Waals surface area (Å²) in [6.45, 7) is 14.7. The van der Waals surface area contributed by atoms with Crippen molar-refractivity contribution in [1.29, 1.82) is 0 Å². The number of phenols is 1. The van der Waals surface area contributed by atoms with E-state index in [2.05, 4.69) is 72.9 Å². The van der Waals surface area contributed by atoms with Gasteiger partial charge in [-0.3, -0.25) is 9.88 Å². The zero-order valence-electron chi connectivity index (χ0n) is 31.9. The monoisotopic (exact) mass is 763 g/mol. The number of anilines is 1. The van der Waals surface area contributed by atoms with Crippen LogP contribution in [0.4, 0.5) is 23.4 Å². The fourth-order valence-electron chi connectivity index (χ4n) is 9.48. The first-order chi connectivity index (χ1) is 25.7. The number of rotatable bonds is 8. The number of hydrogen-bond donors (Lipinski definition) is 1. The Balaban J connectivity index is 1.41. The van der Waals surface area contributed by atoms with Crippen LogP contribution in [0.15, 0.2) is 30.5 Å². The lowest BCUT2D eigenvalue weighted by Gasteiger charge is -2.38. The third-order valence-corrected chi connectivity index (χ3v) is 18.3. The molecule has 7 rings (SSSR count). The molecule has 3 atom stereocenters. The third-order valence-electron chi connectivity index (χ3n) is 12.0. The van der Waals surface area contributed by atoms with E-state index in [0.29, 0.717) is 53.3 Å². The molecule has 3 fully saturated rings. The normalized spacial score (nSPS) is 22.4. The second-order valence-corrected chi connectivity index (χ2v) is 21.7. The van der Waals surface area contributed by atoms with Crippen LogP contribution in [0.3, 0.4) is 0 Å². The Kier molecular flexibility index (Phi) is 10.6. The summed E-state index contributed by atoms with van der Waals surface area (Å²) in [5.41, 5.74) is 3.91. The molecule has 3 saturated heterocycles. The summed E-state index contributed by atoms with van der Waals surface area (Å²) < 4.78 is 74.0. The molecule has 0 amide bonds. The van der Waals surface area contributed by atoms with Crippen molar-refractivity contribution in [3.8, 4) is 34.5 Å². The van der Waals surface area contributed by atoms with Crippen LogP contribution in [0, 0.1) is 23.1 Å². The molecule has 0 aliphatic carbocycles. The fraction of sp³-hybridized carbons (Fsp3) is 0.537. The molecule has 8 nitrogen and oxygen atoms in total. The van der Waals surface area contributed by atoms with Gasteiger partial charge in [-0.2, -0.15) is 9.97 Å². The SMILES string of the molecule is CC(C)[Si](C#Cc1c(F)ccc2cc(O)cc(-c3ncc4c(N5CCCOC(F)C5)nc(OC[C@@]56CCCN5C[C@H](F)C6)nc4c3F)c12)(C(C)C)C(C)C. The molecule has 0 bridgehead atoms. The number of aromatic nitrogens is 3. The predicted octanol–water partition coefficient (Wildman–Crippen LogP) is 8.88. The quantitative estimate of drug-likeness (QED) is 0.108. The van der Waals surface area contributed by atoms with Crippen LogP contribution in [-0.2, 0) is 4.74 Å². The number of phenolic OH excluding ortho intramolecular Hbond substituents is 1. The van der Waals surface area contributed by atoms with Gasteiger partial charge in [-0.05, 0) is 66.0 Å². The largest absolute Gasteiger partial charge is 0.508 e. The van der Waals surface area contributed by atoms with Gasteiger partial charge in [-0.25, -0.2) is 17.6 Å². The molecule has 0 radical (unpaired) electrons.